The van der Waals surface area contributed by atoms with Crippen molar-refractivity contribution in [2.24, 2.45) is 0 Å². The van der Waals surface area contributed by atoms with E-state index in [0.29, 0.717) is 11.4 Å². The number of rotatable bonds is 6. The number of benzene rings is 2. The summed E-state index contributed by atoms with van der Waals surface area (Å²) >= 11 is 1.06. The van der Waals surface area contributed by atoms with Gasteiger partial charge in [0.05, 0.1) is 5.69 Å². The Balaban J connectivity index is 1.59. The lowest BCUT2D eigenvalue weighted by atomic mass is 10.1. The minimum Gasteiger partial charge on any atom is -0.451 e. The molecular weight excluding hydrogens is 388 g/mol. The number of hydrogen-bond donors (Lipinski definition) is 2. The molecule has 7 nitrogen and oxygen atoms in total. The number of ether oxygens (including phenoxy) is 1. The summed E-state index contributed by atoms with van der Waals surface area (Å²) in [5, 5.41) is 20.3. The molecule has 8 heteroatoms. The second kappa shape index (κ2) is 9.08. The summed E-state index contributed by atoms with van der Waals surface area (Å²) in [6, 6.07) is 14.6. The molecule has 0 aliphatic rings. The van der Waals surface area contributed by atoms with Gasteiger partial charge in [-0.2, -0.15) is 10.4 Å². The molecule has 1 amide bonds. The molecule has 0 saturated carbocycles. The number of nitriles is 1. The Morgan fingerprint density at radius 3 is 2.52 bits per heavy atom. The topological polar surface area (TPSA) is 108 Å². The van der Waals surface area contributed by atoms with E-state index < -0.39 is 18.5 Å². The molecule has 0 atom stereocenters. The Hall–Kier alpha value is -3.57. The first kappa shape index (κ1) is 20.2. The van der Waals surface area contributed by atoms with Crippen molar-refractivity contribution in [1.82, 2.24) is 10.2 Å². The first-order valence-electron chi connectivity index (χ1n) is 8.73. The van der Waals surface area contributed by atoms with Crippen LogP contribution in [0.5, 0.6) is 0 Å². The van der Waals surface area contributed by atoms with Gasteiger partial charge in [-0.05, 0) is 54.9 Å². The second-order valence-corrected chi connectivity index (χ2v) is 7.14. The number of esters is 1. The van der Waals surface area contributed by atoms with Gasteiger partial charge in [0.25, 0.3) is 5.91 Å². The number of nitrogens with zero attached hydrogens (tertiary/aromatic N) is 2. The number of thiocyanates is 1. The number of thioether (sulfide) groups is 1. The van der Waals surface area contributed by atoms with Crippen LogP contribution >= 0.6 is 11.8 Å². The van der Waals surface area contributed by atoms with Crippen molar-refractivity contribution < 1.29 is 14.3 Å². The molecule has 29 heavy (non-hydrogen) atoms. The first-order valence-corrected chi connectivity index (χ1v) is 9.54. The highest BCUT2D eigenvalue weighted by atomic mass is 32.2. The highest BCUT2D eigenvalue weighted by Crippen LogP contribution is 2.27. The molecule has 0 unspecified atom stereocenters. The first-order chi connectivity index (χ1) is 14.0. The van der Waals surface area contributed by atoms with E-state index in [-0.39, 0.29) is 5.69 Å². The van der Waals surface area contributed by atoms with Crippen molar-refractivity contribution >= 4 is 29.3 Å². The lowest BCUT2D eigenvalue weighted by Crippen LogP contribution is -2.22. The van der Waals surface area contributed by atoms with Gasteiger partial charge in [0.2, 0.25) is 0 Å². The number of hydrogen-bond acceptors (Lipinski definition) is 6. The summed E-state index contributed by atoms with van der Waals surface area (Å²) in [6.45, 7) is 3.25. The average Bonchev–Trinajstić information content (AvgIpc) is 3.20. The molecule has 3 rings (SSSR count). The van der Waals surface area contributed by atoms with Crippen LogP contribution in [-0.2, 0) is 9.53 Å². The normalized spacial score (nSPS) is 10.2. The molecule has 0 spiro atoms. The zero-order valence-electron chi connectivity index (χ0n) is 15.9. The maximum atomic E-state index is 12.2. The Labute approximate surface area is 172 Å². The van der Waals surface area contributed by atoms with Crippen molar-refractivity contribution in [3.05, 3.63) is 65.4 Å². The predicted octanol–water partition coefficient (Wildman–Crippen LogP) is 4.06. The van der Waals surface area contributed by atoms with Crippen LogP contribution in [0.1, 0.15) is 21.6 Å². The van der Waals surface area contributed by atoms with Gasteiger partial charge in [-0.25, -0.2) is 4.79 Å². The molecule has 146 valence electrons. The van der Waals surface area contributed by atoms with E-state index in [2.05, 4.69) is 15.5 Å². The molecule has 0 aliphatic carbocycles. The number of aryl methyl sites for hydroxylation is 2. The van der Waals surface area contributed by atoms with E-state index in [9.17, 15) is 9.59 Å². The smallest absolute Gasteiger partial charge is 0.356 e. The fraction of sp³-hybridized carbons (Fsp3) is 0.143. The molecule has 2 aromatic carbocycles. The van der Waals surface area contributed by atoms with Crippen LogP contribution in [0, 0.1) is 24.5 Å². The van der Waals surface area contributed by atoms with E-state index in [4.69, 9.17) is 10.00 Å². The van der Waals surface area contributed by atoms with Crippen LogP contribution in [0.15, 0.2) is 53.4 Å². The van der Waals surface area contributed by atoms with Crippen molar-refractivity contribution in [2.45, 2.75) is 18.7 Å². The molecule has 0 aliphatic heterocycles. The average molecular weight is 406 g/mol. The number of aromatic amines is 1. The van der Waals surface area contributed by atoms with Crippen LogP contribution in [0.4, 0.5) is 5.69 Å². The van der Waals surface area contributed by atoms with Gasteiger partial charge in [-0.1, -0.05) is 30.3 Å². The maximum Gasteiger partial charge on any atom is 0.356 e. The number of carbonyl (C=O) groups excluding carboxylic acids is 2. The zero-order valence-corrected chi connectivity index (χ0v) is 16.7. The van der Waals surface area contributed by atoms with Gasteiger partial charge < -0.3 is 10.1 Å². The number of carbonyl (C=O) groups is 2. The number of amides is 1. The molecule has 1 heterocycles. The molecule has 0 fully saturated rings. The Morgan fingerprint density at radius 2 is 1.86 bits per heavy atom. The largest absolute Gasteiger partial charge is 0.451 e. The lowest BCUT2D eigenvalue weighted by molar-refractivity contribution is -0.119. The SMILES string of the molecule is Cc1cc(SC#N)cc(C)c1NC(=O)COC(=O)c1cc(-c2ccccc2)n[nH]1. The standard InChI is InChI=1S/C21H18N4O3S/c1-13-8-16(29-12-22)9-14(2)20(13)23-19(26)11-28-21(27)18-10-17(24-25-18)15-6-4-3-5-7-15/h3-10H,11H2,1-2H3,(H,23,26)(H,24,25). The van der Waals surface area contributed by atoms with E-state index >= 15 is 0 Å². The lowest BCUT2D eigenvalue weighted by Gasteiger charge is -2.13. The Bertz CT molecular complexity index is 1060. The van der Waals surface area contributed by atoms with Crippen molar-refractivity contribution in [2.75, 3.05) is 11.9 Å². The van der Waals surface area contributed by atoms with Crippen LogP contribution in [0.3, 0.4) is 0 Å². The van der Waals surface area contributed by atoms with Gasteiger partial charge in [0, 0.05) is 16.1 Å². The van der Waals surface area contributed by atoms with E-state index in [1.54, 1.807) is 6.07 Å². The number of H-pyrrole nitrogens is 1. The Morgan fingerprint density at radius 1 is 1.17 bits per heavy atom. The maximum absolute atomic E-state index is 12.2. The molecular formula is C21H18N4O3S. The van der Waals surface area contributed by atoms with Crippen molar-refractivity contribution in [1.29, 1.82) is 5.26 Å². The quantitative estimate of drug-likeness (QED) is 0.363. The minimum absolute atomic E-state index is 0.168. The van der Waals surface area contributed by atoms with Gasteiger partial charge in [-0.3, -0.25) is 9.89 Å². The molecule has 0 bridgehead atoms. The highest BCUT2D eigenvalue weighted by Gasteiger charge is 2.15. The van der Waals surface area contributed by atoms with E-state index in [1.165, 1.54) is 0 Å². The minimum atomic E-state index is -0.663. The molecule has 3 aromatic rings. The third kappa shape index (κ3) is 5.03. The van der Waals surface area contributed by atoms with Crippen LogP contribution in [0.2, 0.25) is 0 Å². The van der Waals surface area contributed by atoms with E-state index in [1.807, 2.05) is 61.7 Å². The van der Waals surface area contributed by atoms with Gasteiger partial charge in [0.15, 0.2) is 6.61 Å². The zero-order chi connectivity index (χ0) is 20.8. The molecule has 0 saturated heterocycles. The Kier molecular flexibility index (Phi) is 6.32. The monoisotopic (exact) mass is 406 g/mol. The van der Waals surface area contributed by atoms with Crippen molar-refractivity contribution in [3.8, 4) is 16.7 Å². The van der Waals surface area contributed by atoms with Gasteiger partial charge in [-0.15, -0.1) is 0 Å². The van der Waals surface area contributed by atoms with Crippen molar-refractivity contribution in [3.63, 3.8) is 0 Å². The highest BCUT2D eigenvalue weighted by molar-refractivity contribution is 8.03. The molecule has 2 N–H and O–H groups in total. The summed E-state index contributed by atoms with van der Waals surface area (Å²) in [7, 11) is 0. The summed E-state index contributed by atoms with van der Waals surface area (Å²) in [5.41, 5.74) is 3.93. The fourth-order valence-corrected chi connectivity index (χ4v) is 3.38. The van der Waals surface area contributed by atoms with Crippen LogP contribution in [0.25, 0.3) is 11.3 Å². The third-order valence-electron chi connectivity index (χ3n) is 4.14. The predicted molar refractivity (Wildman–Crippen MR) is 110 cm³/mol. The van der Waals surface area contributed by atoms with Gasteiger partial charge in [0.1, 0.15) is 11.1 Å². The fourth-order valence-electron chi connectivity index (χ4n) is 2.80. The molecule has 1 aromatic heterocycles. The van der Waals surface area contributed by atoms with Crippen LogP contribution < -0.4 is 5.32 Å². The summed E-state index contributed by atoms with van der Waals surface area (Å²) in [4.78, 5) is 25.2. The third-order valence-corrected chi connectivity index (χ3v) is 4.70. The number of nitrogens with one attached hydrogen (secondary N) is 2. The second-order valence-electron chi connectivity index (χ2n) is 6.28. The van der Waals surface area contributed by atoms with Crippen LogP contribution in [-0.4, -0.2) is 28.7 Å². The summed E-state index contributed by atoms with van der Waals surface area (Å²) in [6.07, 6.45) is 0. The number of aromatic nitrogens is 2. The summed E-state index contributed by atoms with van der Waals surface area (Å²) < 4.78 is 5.08. The van der Waals surface area contributed by atoms with E-state index in [0.717, 1.165) is 33.3 Å². The summed E-state index contributed by atoms with van der Waals surface area (Å²) in [5.74, 6) is -1.11. The molecule has 0 radical (unpaired) electrons. The number of anilines is 1. The van der Waals surface area contributed by atoms with Gasteiger partial charge >= 0.3 is 5.97 Å².